The molecule has 142 valence electrons. The number of aliphatic imine (C=N–C) groups is 1. The molecule has 0 saturated carbocycles. The van der Waals surface area contributed by atoms with Crippen molar-refractivity contribution in [3.63, 3.8) is 0 Å². The Kier molecular flexibility index (Phi) is 3.21. The Hall–Kier alpha value is -2.77. The normalized spacial score (nSPS) is 26.2. The second-order valence-corrected chi connectivity index (χ2v) is 8.07. The Morgan fingerprint density at radius 1 is 0.828 bits per heavy atom. The summed E-state index contributed by atoms with van der Waals surface area (Å²) in [7, 11) is 0. The number of rotatable bonds is 1. The maximum Gasteiger partial charge on any atom is 0.243 e. The third-order valence-corrected chi connectivity index (χ3v) is 6.46. The zero-order valence-electron chi connectivity index (χ0n) is 15.0. The van der Waals surface area contributed by atoms with Crippen molar-refractivity contribution in [2.75, 3.05) is 9.80 Å². The van der Waals surface area contributed by atoms with E-state index in [1.165, 1.54) is 0 Å². The molecule has 2 aliphatic heterocycles. The standard InChI is InChI=1S/C22H14ClN3O2S/c23-13-9-11-14(12-10-13)25-20(29)26-18-8-4-3-7-17(18)24-19-15-5-1-2-6-16(15)21(25,27)22(19,26)28/h1-12,27-28H/t21-,22+/m1/s1. The van der Waals surface area contributed by atoms with E-state index in [0.717, 1.165) is 0 Å². The molecule has 0 radical (unpaired) electrons. The van der Waals surface area contributed by atoms with Gasteiger partial charge in [0.05, 0.1) is 11.4 Å². The Labute approximate surface area is 177 Å². The van der Waals surface area contributed by atoms with Gasteiger partial charge in [-0.2, -0.15) is 0 Å². The third-order valence-electron chi connectivity index (χ3n) is 5.84. The van der Waals surface area contributed by atoms with Crippen LogP contribution in [0.15, 0.2) is 77.8 Å². The van der Waals surface area contributed by atoms with Crippen LogP contribution in [0.3, 0.4) is 0 Å². The topological polar surface area (TPSA) is 59.3 Å². The molecule has 1 saturated heterocycles. The zero-order valence-corrected chi connectivity index (χ0v) is 16.5. The fraction of sp³-hybridized carbons (Fsp3) is 0.0909. The van der Waals surface area contributed by atoms with Gasteiger partial charge < -0.3 is 10.2 Å². The van der Waals surface area contributed by atoms with Gasteiger partial charge in [-0.3, -0.25) is 9.80 Å². The van der Waals surface area contributed by atoms with Gasteiger partial charge in [0.1, 0.15) is 5.71 Å². The van der Waals surface area contributed by atoms with Gasteiger partial charge in [-0.1, -0.05) is 48.0 Å². The Bertz CT molecular complexity index is 1240. The number of para-hydroxylation sites is 2. The van der Waals surface area contributed by atoms with Gasteiger partial charge in [-0.25, -0.2) is 4.99 Å². The quantitative estimate of drug-likeness (QED) is 0.585. The smallest absolute Gasteiger partial charge is 0.243 e. The number of fused-ring (bicyclic) bond motifs is 5. The molecule has 3 aromatic rings. The number of anilines is 2. The van der Waals surface area contributed by atoms with Crippen molar-refractivity contribution in [2.45, 2.75) is 11.4 Å². The van der Waals surface area contributed by atoms with Gasteiger partial charge in [-0.15, -0.1) is 0 Å². The predicted molar refractivity (Wildman–Crippen MR) is 117 cm³/mol. The minimum absolute atomic E-state index is 0.284. The van der Waals surface area contributed by atoms with E-state index in [-0.39, 0.29) is 5.11 Å². The largest absolute Gasteiger partial charge is 0.362 e. The van der Waals surface area contributed by atoms with E-state index in [9.17, 15) is 10.2 Å². The van der Waals surface area contributed by atoms with Crippen molar-refractivity contribution >= 4 is 51.7 Å². The maximum atomic E-state index is 12.2. The minimum Gasteiger partial charge on any atom is -0.362 e. The summed E-state index contributed by atoms with van der Waals surface area (Å²) in [6.07, 6.45) is 0. The molecule has 3 aromatic carbocycles. The highest BCUT2D eigenvalue weighted by Crippen LogP contribution is 2.59. The van der Waals surface area contributed by atoms with Crippen molar-refractivity contribution in [1.29, 1.82) is 0 Å². The highest BCUT2D eigenvalue weighted by Gasteiger charge is 2.75. The fourth-order valence-electron chi connectivity index (χ4n) is 4.62. The van der Waals surface area contributed by atoms with Crippen LogP contribution in [0.2, 0.25) is 5.02 Å². The number of nitrogens with zero attached hydrogens (tertiary/aromatic N) is 3. The summed E-state index contributed by atoms with van der Waals surface area (Å²) in [4.78, 5) is 7.93. The van der Waals surface area contributed by atoms with Crippen LogP contribution in [0, 0.1) is 0 Å². The van der Waals surface area contributed by atoms with E-state index in [1.807, 2.05) is 42.5 Å². The van der Waals surface area contributed by atoms with Gasteiger partial charge in [-0.05, 0) is 48.6 Å². The van der Waals surface area contributed by atoms with Crippen LogP contribution >= 0.6 is 23.8 Å². The first kappa shape index (κ1) is 17.1. The molecule has 5 nitrogen and oxygen atoms in total. The summed E-state index contributed by atoms with van der Waals surface area (Å²) >= 11 is 11.9. The van der Waals surface area contributed by atoms with Gasteiger partial charge in [0.25, 0.3) is 0 Å². The molecule has 6 rings (SSSR count). The molecular weight excluding hydrogens is 406 g/mol. The minimum atomic E-state index is -1.86. The monoisotopic (exact) mass is 419 g/mol. The van der Waals surface area contributed by atoms with E-state index in [2.05, 4.69) is 0 Å². The van der Waals surface area contributed by atoms with E-state index in [4.69, 9.17) is 28.8 Å². The molecule has 0 bridgehead atoms. The zero-order chi connectivity index (χ0) is 20.0. The van der Waals surface area contributed by atoms with E-state index in [0.29, 0.717) is 38.9 Å². The second-order valence-electron chi connectivity index (χ2n) is 7.27. The van der Waals surface area contributed by atoms with Crippen molar-refractivity contribution in [3.8, 4) is 0 Å². The highest BCUT2D eigenvalue weighted by atomic mass is 35.5. The highest BCUT2D eigenvalue weighted by molar-refractivity contribution is 7.80. The summed E-state index contributed by atoms with van der Waals surface area (Å²) in [5.41, 5.74) is -0.125. The lowest BCUT2D eigenvalue weighted by atomic mass is 9.95. The molecule has 1 fully saturated rings. The first-order valence-electron chi connectivity index (χ1n) is 9.11. The van der Waals surface area contributed by atoms with Crippen molar-refractivity contribution in [1.82, 2.24) is 0 Å². The van der Waals surface area contributed by atoms with Crippen molar-refractivity contribution in [3.05, 3.63) is 88.9 Å². The molecule has 0 unspecified atom stereocenters. The lowest BCUT2D eigenvalue weighted by molar-refractivity contribution is -0.0845. The molecule has 0 aromatic heterocycles. The summed E-state index contributed by atoms with van der Waals surface area (Å²) in [5.74, 6) is 0. The summed E-state index contributed by atoms with van der Waals surface area (Å²) in [5, 5.41) is 25.1. The Morgan fingerprint density at radius 2 is 1.52 bits per heavy atom. The van der Waals surface area contributed by atoms with Crippen LogP contribution < -0.4 is 9.80 Å². The predicted octanol–water partition coefficient (Wildman–Crippen LogP) is 3.93. The third kappa shape index (κ3) is 1.83. The molecule has 2 atom stereocenters. The van der Waals surface area contributed by atoms with Crippen LogP contribution in [0.5, 0.6) is 0 Å². The van der Waals surface area contributed by atoms with Crippen molar-refractivity contribution < 1.29 is 10.2 Å². The van der Waals surface area contributed by atoms with Gasteiger partial charge in [0, 0.05) is 21.8 Å². The molecule has 1 aliphatic carbocycles. The molecule has 0 spiro atoms. The Balaban J connectivity index is 1.73. The first-order valence-corrected chi connectivity index (χ1v) is 9.89. The van der Waals surface area contributed by atoms with Crippen molar-refractivity contribution in [2.24, 2.45) is 4.99 Å². The summed E-state index contributed by atoms with van der Waals surface area (Å²) in [6, 6.07) is 21.8. The van der Waals surface area contributed by atoms with E-state index in [1.54, 1.807) is 40.1 Å². The van der Waals surface area contributed by atoms with Crippen LogP contribution in [-0.2, 0) is 5.72 Å². The number of hydrogen-bond acceptors (Lipinski definition) is 4. The summed E-state index contributed by atoms with van der Waals surface area (Å²) in [6.45, 7) is 0. The number of halogens is 1. The number of thiocarbonyl (C=S) groups is 1. The van der Waals surface area contributed by atoms with Crippen LogP contribution in [0.1, 0.15) is 11.1 Å². The molecule has 7 heteroatoms. The first-order chi connectivity index (χ1) is 14.0. The van der Waals surface area contributed by atoms with E-state index >= 15 is 0 Å². The van der Waals surface area contributed by atoms with Crippen LogP contribution in [0.4, 0.5) is 17.1 Å². The molecule has 0 amide bonds. The molecule has 3 aliphatic rings. The molecular formula is C22H14ClN3O2S. The van der Waals surface area contributed by atoms with Gasteiger partial charge in [0.2, 0.25) is 11.4 Å². The average molecular weight is 420 g/mol. The number of aliphatic hydroxyl groups is 2. The molecule has 29 heavy (non-hydrogen) atoms. The SMILES string of the molecule is O[C@]12C3=Nc4ccccc4N1C(=S)N(c1ccc(Cl)cc1)[C@@]2(O)c1ccccc13. The fourth-order valence-corrected chi connectivity index (χ4v) is 5.21. The molecule has 2 N–H and O–H groups in total. The summed E-state index contributed by atoms with van der Waals surface area (Å²) < 4.78 is 0. The molecule has 2 heterocycles. The van der Waals surface area contributed by atoms with Crippen LogP contribution in [0.25, 0.3) is 0 Å². The second kappa shape index (κ2) is 5.43. The van der Waals surface area contributed by atoms with E-state index < -0.39 is 11.4 Å². The maximum absolute atomic E-state index is 12.2. The van der Waals surface area contributed by atoms with Gasteiger partial charge in [0.15, 0.2) is 5.11 Å². The lowest BCUT2D eigenvalue weighted by Gasteiger charge is -2.40. The van der Waals surface area contributed by atoms with Gasteiger partial charge >= 0.3 is 0 Å². The van der Waals surface area contributed by atoms with Crippen LogP contribution in [-0.4, -0.2) is 26.8 Å². The average Bonchev–Trinajstić information content (AvgIpc) is 3.04. The number of benzene rings is 3. The lowest BCUT2D eigenvalue weighted by Crippen LogP contribution is -2.61. The number of hydrogen-bond donors (Lipinski definition) is 2. The Morgan fingerprint density at radius 3 is 2.31 bits per heavy atom.